The molecule has 162 valence electrons. The Bertz CT molecular complexity index is 850. The summed E-state index contributed by atoms with van der Waals surface area (Å²) in [6.45, 7) is 3.07. The number of nitrogens with zero attached hydrogens (tertiary/aromatic N) is 3. The number of carbonyl (C=O) groups is 1. The first-order valence-corrected chi connectivity index (χ1v) is 10.6. The van der Waals surface area contributed by atoms with Crippen LogP contribution in [0.4, 0.5) is 16.2 Å². The van der Waals surface area contributed by atoms with E-state index in [0.29, 0.717) is 6.04 Å². The molecule has 1 saturated heterocycles. The lowest BCUT2D eigenvalue weighted by atomic mass is 9.91. The van der Waals surface area contributed by atoms with Crippen LogP contribution in [0.1, 0.15) is 25.7 Å². The number of aliphatic hydroxyl groups is 1. The Morgan fingerprint density at radius 1 is 1.13 bits per heavy atom. The monoisotopic (exact) mass is 415 g/mol. The number of aromatic nitrogens is 2. The van der Waals surface area contributed by atoms with Crippen LogP contribution in [0.2, 0.25) is 0 Å². The quantitative estimate of drug-likeness (QED) is 0.657. The molecule has 0 spiro atoms. The summed E-state index contributed by atoms with van der Waals surface area (Å²) in [5.74, 6) is 0. The maximum Gasteiger partial charge on any atom is 0.407 e. The molecule has 2 fully saturated rings. The van der Waals surface area contributed by atoms with E-state index in [9.17, 15) is 4.79 Å². The third-order valence-corrected chi connectivity index (χ3v) is 5.67. The Labute approximate surface area is 175 Å². The number of rotatable bonds is 6. The molecule has 1 aliphatic heterocycles. The molecule has 4 rings (SSSR count). The molecule has 2 heterocycles. The minimum Gasteiger partial charge on any atom is -0.447 e. The first-order valence-electron chi connectivity index (χ1n) is 10.6. The molecule has 1 aromatic heterocycles. The number of hydrogen-bond donors (Lipinski definition) is 3. The van der Waals surface area contributed by atoms with E-state index in [-0.39, 0.29) is 19.3 Å². The smallest absolute Gasteiger partial charge is 0.407 e. The average molecular weight is 415 g/mol. The molecule has 0 bridgehead atoms. The Morgan fingerprint density at radius 2 is 1.87 bits per heavy atom. The summed E-state index contributed by atoms with van der Waals surface area (Å²) in [5.41, 5.74) is 3.89. The van der Waals surface area contributed by atoms with Crippen molar-refractivity contribution in [3.05, 3.63) is 24.5 Å². The van der Waals surface area contributed by atoms with Gasteiger partial charge in [-0.05, 0) is 37.8 Å². The Morgan fingerprint density at radius 3 is 2.63 bits per heavy atom. The number of carbonyl (C=O) groups excluding carboxylic acids is 1. The van der Waals surface area contributed by atoms with E-state index in [1.54, 1.807) is 12.4 Å². The highest BCUT2D eigenvalue weighted by Crippen LogP contribution is 2.31. The van der Waals surface area contributed by atoms with Gasteiger partial charge in [0.2, 0.25) is 0 Å². The average Bonchev–Trinajstić information content (AvgIpc) is 2.79. The van der Waals surface area contributed by atoms with Crippen molar-refractivity contribution < 1.29 is 19.4 Å². The van der Waals surface area contributed by atoms with Crippen LogP contribution >= 0.6 is 0 Å². The Balaban J connectivity index is 1.42. The van der Waals surface area contributed by atoms with Crippen molar-refractivity contribution in [2.24, 2.45) is 0 Å². The van der Waals surface area contributed by atoms with Gasteiger partial charge in [0.1, 0.15) is 12.1 Å². The van der Waals surface area contributed by atoms with E-state index in [1.807, 2.05) is 0 Å². The molecular weight excluding hydrogens is 386 g/mol. The van der Waals surface area contributed by atoms with Crippen LogP contribution in [-0.4, -0.2) is 72.8 Å². The van der Waals surface area contributed by atoms with Crippen LogP contribution in [0.3, 0.4) is 0 Å². The summed E-state index contributed by atoms with van der Waals surface area (Å²) in [7, 11) is 0. The maximum atomic E-state index is 11.7. The number of nitrogens with one attached hydrogen (secondary N) is 2. The SMILES string of the molecule is O=C(NC1CCC(Nc2cc(N3CCOCC3)cc3nccnc23)CC1)OCCO. The van der Waals surface area contributed by atoms with Crippen LogP contribution in [0.5, 0.6) is 0 Å². The third kappa shape index (κ3) is 5.09. The fraction of sp³-hybridized carbons (Fsp3) is 0.571. The van der Waals surface area contributed by atoms with Gasteiger partial charge >= 0.3 is 6.09 Å². The van der Waals surface area contributed by atoms with Gasteiger partial charge in [-0.2, -0.15) is 0 Å². The molecule has 0 unspecified atom stereocenters. The van der Waals surface area contributed by atoms with E-state index in [4.69, 9.17) is 14.6 Å². The summed E-state index contributed by atoms with van der Waals surface area (Å²) in [4.78, 5) is 23.1. The molecule has 9 nitrogen and oxygen atoms in total. The van der Waals surface area contributed by atoms with Crippen LogP contribution < -0.4 is 15.5 Å². The summed E-state index contributed by atoms with van der Waals surface area (Å²) in [6, 6.07) is 4.67. The number of ether oxygens (including phenoxy) is 2. The topological polar surface area (TPSA) is 109 Å². The van der Waals surface area contributed by atoms with E-state index in [1.165, 1.54) is 0 Å². The minimum atomic E-state index is -0.458. The Hall–Kier alpha value is -2.65. The molecule has 9 heteroatoms. The molecule has 1 aromatic carbocycles. The lowest BCUT2D eigenvalue weighted by Crippen LogP contribution is -2.40. The zero-order valence-electron chi connectivity index (χ0n) is 17.0. The van der Waals surface area contributed by atoms with Crippen molar-refractivity contribution in [3.63, 3.8) is 0 Å². The summed E-state index contributed by atoms with van der Waals surface area (Å²) < 4.78 is 10.4. The van der Waals surface area contributed by atoms with Gasteiger partial charge in [-0.3, -0.25) is 9.97 Å². The predicted molar refractivity (Wildman–Crippen MR) is 114 cm³/mol. The molecule has 1 amide bonds. The maximum absolute atomic E-state index is 11.7. The van der Waals surface area contributed by atoms with Gasteiger partial charge in [-0.15, -0.1) is 0 Å². The van der Waals surface area contributed by atoms with Crippen LogP contribution in [-0.2, 0) is 9.47 Å². The van der Waals surface area contributed by atoms with E-state index in [2.05, 4.69) is 37.6 Å². The highest BCUT2D eigenvalue weighted by atomic mass is 16.6. The molecular formula is C21H29N5O4. The summed E-state index contributed by atoms with van der Waals surface area (Å²) >= 11 is 0. The predicted octanol–water partition coefficient (Wildman–Crippen LogP) is 1.91. The number of benzene rings is 1. The van der Waals surface area contributed by atoms with Crippen molar-refractivity contribution in [3.8, 4) is 0 Å². The van der Waals surface area contributed by atoms with Gasteiger partial charge in [0.15, 0.2) is 0 Å². The molecule has 30 heavy (non-hydrogen) atoms. The van der Waals surface area contributed by atoms with Crippen molar-refractivity contribution in [1.29, 1.82) is 0 Å². The van der Waals surface area contributed by atoms with Gasteiger partial charge in [-0.25, -0.2) is 4.79 Å². The van der Waals surface area contributed by atoms with E-state index in [0.717, 1.165) is 74.4 Å². The lowest BCUT2D eigenvalue weighted by molar-refractivity contribution is 0.114. The molecule has 2 aliphatic rings. The fourth-order valence-corrected chi connectivity index (χ4v) is 4.12. The van der Waals surface area contributed by atoms with Crippen molar-refractivity contribution in [2.75, 3.05) is 49.7 Å². The van der Waals surface area contributed by atoms with Crippen molar-refractivity contribution in [1.82, 2.24) is 15.3 Å². The lowest BCUT2D eigenvalue weighted by Gasteiger charge is -2.32. The normalized spacial score (nSPS) is 22.0. The number of morpholine rings is 1. The highest BCUT2D eigenvalue weighted by molar-refractivity contribution is 5.91. The summed E-state index contributed by atoms with van der Waals surface area (Å²) in [6.07, 6.45) is 6.61. The van der Waals surface area contributed by atoms with Gasteiger partial charge in [0, 0.05) is 43.3 Å². The standard InChI is InChI=1S/C21H29N5O4/c27-9-12-30-21(28)25-16-3-1-15(2-4-16)24-19-14-17(26-7-10-29-11-8-26)13-18-20(19)23-6-5-22-18/h5-6,13-16,24,27H,1-4,7-12H2,(H,25,28). The number of alkyl carbamates (subject to hydrolysis) is 1. The van der Waals surface area contributed by atoms with Gasteiger partial charge in [-0.1, -0.05) is 0 Å². The molecule has 1 saturated carbocycles. The second-order valence-corrected chi connectivity index (χ2v) is 7.71. The van der Waals surface area contributed by atoms with E-state index >= 15 is 0 Å². The molecule has 0 radical (unpaired) electrons. The van der Waals surface area contributed by atoms with E-state index < -0.39 is 6.09 Å². The van der Waals surface area contributed by atoms with Gasteiger partial charge < -0.3 is 30.1 Å². The van der Waals surface area contributed by atoms with Crippen LogP contribution in [0, 0.1) is 0 Å². The first kappa shape index (κ1) is 20.6. The second kappa shape index (κ2) is 9.90. The molecule has 3 N–H and O–H groups in total. The van der Waals surface area contributed by atoms with Gasteiger partial charge in [0.05, 0.1) is 31.0 Å². The molecule has 1 aliphatic carbocycles. The highest BCUT2D eigenvalue weighted by Gasteiger charge is 2.24. The number of amides is 1. The van der Waals surface area contributed by atoms with Gasteiger partial charge in [0.25, 0.3) is 0 Å². The largest absolute Gasteiger partial charge is 0.447 e. The van der Waals surface area contributed by atoms with Crippen LogP contribution in [0.25, 0.3) is 11.0 Å². The Kier molecular flexibility index (Phi) is 6.81. The van der Waals surface area contributed by atoms with Crippen molar-refractivity contribution in [2.45, 2.75) is 37.8 Å². The number of anilines is 2. The number of hydrogen-bond acceptors (Lipinski definition) is 8. The first-order chi connectivity index (χ1) is 14.7. The molecule has 2 aromatic rings. The zero-order valence-corrected chi connectivity index (χ0v) is 17.0. The second-order valence-electron chi connectivity index (χ2n) is 7.71. The minimum absolute atomic E-state index is 0.0241. The zero-order chi connectivity index (χ0) is 20.8. The fourth-order valence-electron chi connectivity index (χ4n) is 4.12. The number of aliphatic hydroxyl groups excluding tert-OH is 1. The third-order valence-electron chi connectivity index (χ3n) is 5.67. The van der Waals surface area contributed by atoms with Crippen molar-refractivity contribution >= 4 is 28.5 Å². The molecule has 0 atom stereocenters. The summed E-state index contributed by atoms with van der Waals surface area (Å²) in [5, 5.41) is 15.3. The number of fused-ring (bicyclic) bond motifs is 1. The van der Waals surface area contributed by atoms with Crippen LogP contribution in [0.15, 0.2) is 24.5 Å².